The third kappa shape index (κ3) is 7.20. The fraction of sp³-hybridized carbons (Fsp3) is 0.600. The minimum atomic E-state index is -1.25. The number of methoxy groups -OCH3 is 1. The Morgan fingerprint density at radius 3 is 2.94 bits per heavy atom. The van der Waals surface area contributed by atoms with Crippen LogP contribution in [0.3, 0.4) is 0 Å². The Bertz CT molecular complexity index is 932. The molecule has 182 valence electrons. The van der Waals surface area contributed by atoms with E-state index in [1.807, 2.05) is 11.8 Å². The number of hydrogen-bond donors (Lipinski definition) is 1. The van der Waals surface area contributed by atoms with E-state index in [1.165, 1.54) is 12.6 Å². The number of ether oxygens (including phenoxy) is 1. The summed E-state index contributed by atoms with van der Waals surface area (Å²) >= 11 is 8.32. The van der Waals surface area contributed by atoms with E-state index >= 15 is 4.39 Å². The fourth-order valence-electron chi connectivity index (χ4n) is 4.75. The molecule has 3 rings (SSSR count). The van der Waals surface area contributed by atoms with Gasteiger partial charge < -0.3 is 14.7 Å². The topological polar surface area (TPSA) is 62.7 Å². The maximum Gasteiger partial charge on any atom is 0.303 e. The standard InChI is InChI=1S/C25H34ClFN2O3S/c1-3-11-33-12-10-29-9-8-17(18(16-29)13-24(30)31)4-6-22(27)25-20-14-19(32-2)5-7-23(20)28-15-21(25)26/h5,7,14-15,17-18,22H,3-4,6,8-13,16H2,1-2H3,(H,30,31)/t17-,18-,22+/m1/s1. The molecule has 1 aliphatic rings. The number of aromatic nitrogens is 1. The number of benzene rings is 1. The SMILES string of the molecule is CCCSCCN1CC[C@@H](CC[C@H](F)c2c(Cl)cnc3ccc(OC)cc23)[C@H](CC(=O)O)C1. The summed E-state index contributed by atoms with van der Waals surface area (Å²) in [7, 11) is 1.57. The molecule has 5 nitrogen and oxygen atoms in total. The Hall–Kier alpha value is -1.57. The van der Waals surface area contributed by atoms with Gasteiger partial charge in [-0.15, -0.1) is 0 Å². The molecule has 1 aliphatic heterocycles. The minimum absolute atomic E-state index is 0.0457. The van der Waals surface area contributed by atoms with Crippen molar-refractivity contribution in [3.05, 3.63) is 35.0 Å². The van der Waals surface area contributed by atoms with Gasteiger partial charge in [-0.2, -0.15) is 11.8 Å². The van der Waals surface area contributed by atoms with Crippen molar-refractivity contribution in [1.82, 2.24) is 9.88 Å². The van der Waals surface area contributed by atoms with Gasteiger partial charge in [-0.25, -0.2) is 4.39 Å². The number of halogens is 2. The Morgan fingerprint density at radius 2 is 2.21 bits per heavy atom. The summed E-state index contributed by atoms with van der Waals surface area (Å²) in [6.07, 6.45) is 3.41. The third-order valence-corrected chi connectivity index (χ3v) is 7.95. The van der Waals surface area contributed by atoms with Gasteiger partial charge in [-0.3, -0.25) is 9.78 Å². The first-order chi connectivity index (χ1) is 15.9. The molecule has 0 unspecified atom stereocenters. The Labute approximate surface area is 205 Å². The summed E-state index contributed by atoms with van der Waals surface area (Å²) in [4.78, 5) is 18.2. The van der Waals surface area contributed by atoms with Gasteiger partial charge in [0.2, 0.25) is 0 Å². The van der Waals surface area contributed by atoms with Gasteiger partial charge in [0.05, 0.1) is 17.6 Å². The molecule has 1 aromatic carbocycles. The zero-order valence-electron chi connectivity index (χ0n) is 19.4. The highest BCUT2D eigenvalue weighted by Crippen LogP contribution is 2.39. The molecule has 0 amide bonds. The quantitative estimate of drug-likeness (QED) is 0.351. The van der Waals surface area contributed by atoms with Gasteiger partial charge in [0, 0.05) is 42.4 Å². The predicted molar refractivity (Wildman–Crippen MR) is 134 cm³/mol. The molecule has 1 fully saturated rings. The van der Waals surface area contributed by atoms with Crippen LogP contribution >= 0.6 is 23.4 Å². The first-order valence-electron chi connectivity index (χ1n) is 11.7. The maximum absolute atomic E-state index is 15.5. The highest BCUT2D eigenvalue weighted by molar-refractivity contribution is 7.99. The first kappa shape index (κ1) is 26.0. The molecule has 0 bridgehead atoms. The van der Waals surface area contributed by atoms with E-state index < -0.39 is 12.1 Å². The van der Waals surface area contributed by atoms with Crippen LogP contribution in [0.15, 0.2) is 24.4 Å². The third-order valence-electron chi connectivity index (χ3n) is 6.48. The van der Waals surface area contributed by atoms with Crippen LogP contribution in [0, 0.1) is 11.8 Å². The lowest BCUT2D eigenvalue weighted by Crippen LogP contribution is -2.42. The molecule has 0 spiro atoms. The van der Waals surface area contributed by atoms with Gasteiger partial charge in [0.15, 0.2) is 0 Å². The zero-order valence-corrected chi connectivity index (χ0v) is 21.0. The van der Waals surface area contributed by atoms with Crippen molar-refractivity contribution in [2.75, 3.05) is 38.2 Å². The number of likely N-dealkylation sites (tertiary alicyclic amines) is 1. The van der Waals surface area contributed by atoms with Crippen molar-refractivity contribution < 1.29 is 19.0 Å². The Morgan fingerprint density at radius 1 is 1.39 bits per heavy atom. The number of nitrogens with zero attached hydrogens (tertiary/aromatic N) is 2. The second-order valence-electron chi connectivity index (χ2n) is 8.77. The Balaban J connectivity index is 1.66. The van der Waals surface area contributed by atoms with E-state index in [0.29, 0.717) is 40.1 Å². The van der Waals surface area contributed by atoms with Gasteiger partial charge in [0.25, 0.3) is 0 Å². The smallest absolute Gasteiger partial charge is 0.303 e. The second kappa shape index (κ2) is 12.8. The van der Waals surface area contributed by atoms with Crippen LogP contribution in [0.25, 0.3) is 10.9 Å². The minimum Gasteiger partial charge on any atom is -0.497 e. The van der Waals surface area contributed by atoms with Gasteiger partial charge in [-0.05, 0) is 68.0 Å². The zero-order chi connectivity index (χ0) is 23.8. The lowest BCUT2D eigenvalue weighted by atomic mass is 9.79. The number of aliphatic carboxylic acids is 1. The second-order valence-corrected chi connectivity index (χ2v) is 10.4. The van der Waals surface area contributed by atoms with Crippen LogP contribution in [0.2, 0.25) is 5.02 Å². The van der Waals surface area contributed by atoms with Crippen LogP contribution < -0.4 is 4.74 Å². The molecule has 1 N–H and O–H groups in total. The summed E-state index contributed by atoms with van der Waals surface area (Å²) in [6.45, 7) is 4.88. The molecular formula is C25H34ClFN2O3S. The largest absolute Gasteiger partial charge is 0.497 e. The summed E-state index contributed by atoms with van der Waals surface area (Å²) < 4.78 is 20.8. The lowest BCUT2D eigenvalue weighted by molar-refractivity contribution is -0.139. The molecule has 33 heavy (non-hydrogen) atoms. The van der Waals surface area contributed by atoms with Crippen LogP contribution in [-0.2, 0) is 4.79 Å². The number of carboxylic acids is 1. The number of piperidine rings is 1. The van der Waals surface area contributed by atoms with E-state index in [-0.39, 0.29) is 18.3 Å². The van der Waals surface area contributed by atoms with Crippen molar-refractivity contribution in [2.24, 2.45) is 11.8 Å². The molecule has 0 aliphatic carbocycles. The highest BCUT2D eigenvalue weighted by Gasteiger charge is 2.31. The lowest BCUT2D eigenvalue weighted by Gasteiger charge is -2.38. The molecule has 8 heteroatoms. The molecule has 1 aromatic heterocycles. The number of thioether (sulfide) groups is 1. The summed E-state index contributed by atoms with van der Waals surface area (Å²) in [5.74, 6) is 2.32. The van der Waals surface area contributed by atoms with Crippen LogP contribution in [0.5, 0.6) is 5.75 Å². The van der Waals surface area contributed by atoms with Crippen molar-refractivity contribution in [2.45, 2.75) is 45.2 Å². The number of alkyl halides is 1. The van der Waals surface area contributed by atoms with Gasteiger partial charge in [0.1, 0.15) is 11.9 Å². The number of fused-ring (bicyclic) bond motifs is 1. The number of carbonyl (C=O) groups is 1. The highest BCUT2D eigenvalue weighted by atomic mass is 35.5. The summed E-state index contributed by atoms with van der Waals surface area (Å²) in [5.41, 5.74) is 1.12. The van der Waals surface area contributed by atoms with Crippen molar-refractivity contribution >= 4 is 40.2 Å². The predicted octanol–water partition coefficient (Wildman–Crippen LogP) is 6.24. The van der Waals surface area contributed by atoms with Crippen LogP contribution in [0.1, 0.15) is 50.8 Å². The van der Waals surface area contributed by atoms with Gasteiger partial charge in [-0.1, -0.05) is 18.5 Å². The van der Waals surface area contributed by atoms with Crippen molar-refractivity contribution in [3.8, 4) is 5.75 Å². The fourth-order valence-corrected chi connectivity index (χ4v) is 5.90. The van der Waals surface area contributed by atoms with E-state index in [9.17, 15) is 9.90 Å². The van der Waals surface area contributed by atoms with Gasteiger partial charge >= 0.3 is 5.97 Å². The van der Waals surface area contributed by atoms with E-state index in [4.69, 9.17) is 16.3 Å². The number of rotatable bonds is 12. The average molecular weight is 497 g/mol. The van der Waals surface area contributed by atoms with E-state index in [2.05, 4.69) is 16.8 Å². The molecule has 0 radical (unpaired) electrons. The summed E-state index contributed by atoms with van der Waals surface area (Å²) in [6, 6.07) is 5.38. The average Bonchev–Trinajstić information content (AvgIpc) is 2.80. The van der Waals surface area contributed by atoms with Crippen molar-refractivity contribution in [3.63, 3.8) is 0 Å². The van der Waals surface area contributed by atoms with Crippen molar-refractivity contribution in [1.29, 1.82) is 0 Å². The first-order valence-corrected chi connectivity index (χ1v) is 13.2. The number of hydrogen-bond acceptors (Lipinski definition) is 5. The number of carboxylic acid groups (broad SMARTS) is 1. The molecule has 3 atom stereocenters. The Kier molecular flexibility index (Phi) is 10.1. The summed E-state index contributed by atoms with van der Waals surface area (Å²) in [5, 5.41) is 10.4. The maximum atomic E-state index is 15.5. The molecule has 2 heterocycles. The monoisotopic (exact) mass is 496 g/mol. The van der Waals surface area contributed by atoms with Crippen LogP contribution in [-0.4, -0.2) is 59.2 Å². The molecule has 1 saturated heterocycles. The normalized spacial score (nSPS) is 20.1. The molecular weight excluding hydrogens is 463 g/mol. The molecule has 0 saturated carbocycles. The van der Waals surface area contributed by atoms with E-state index in [1.54, 1.807) is 25.3 Å². The number of pyridine rings is 1. The molecule has 2 aromatic rings. The van der Waals surface area contributed by atoms with E-state index in [0.717, 1.165) is 37.6 Å². The van der Waals surface area contributed by atoms with Crippen LogP contribution in [0.4, 0.5) is 4.39 Å².